The molecule has 0 bridgehead atoms. The van der Waals surface area contributed by atoms with E-state index in [-0.39, 0.29) is 16.1 Å². The number of thiocarbonyl (C=S) groups is 1. The zero-order valence-corrected chi connectivity index (χ0v) is 16.8. The molecule has 138 valence electrons. The van der Waals surface area contributed by atoms with Crippen molar-refractivity contribution >= 4 is 52.5 Å². The topological polar surface area (TPSA) is 49.4 Å². The first kappa shape index (κ1) is 19.3. The predicted molar refractivity (Wildman–Crippen MR) is 113 cm³/mol. The first-order valence-corrected chi connectivity index (χ1v) is 9.23. The number of hydrogen-bond donors (Lipinski definition) is 1. The number of benzene rings is 2. The van der Waals surface area contributed by atoms with Gasteiger partial charge in [-0.15, -0.1) is 0 Å². The highest BCUT2D eigenvalue weighted by Crippen LogP contribution is 2.25. The summed E-state index contributed by atoms with van der Waals surface area (Å²) in [7, 11) is 0. The molecule has 0 unspecified atom stereocenters. The molecule has 0 spiro atoms. The van der Waals surface area contributed by atoms with Crippen LogP contribution >= 0.6 is 23.8 Å². The molecule has 0 aromatic heterocycles. The number of hydrogen-bond acceptors (Lipinski definition) is 3. The Morgan fingerprint density at radius 1 is 1.00 bits per heavy atom. The highest BCUT2D eigenvalue weighted by molar-refractivity contribution is 7.80. The van der Waals surface area contributed by atoms with E-state index in [1.807, 2.05) is 24.3 Å². The molecule has 1 aliphatic rings. The maximum atomic E-state index is 12.9. The lowest BCUT2D eigenvalue weighted by Crippen LogP contribution is -2.54. The molecule has 1 fully saturated rings. The molecule has 0 atom stereocenters. The summed E-state index contributed by atoms with van der Waals surface area (Å²) in [6.07, 6.45) is 1.58. The second-order valence-electron chi connectivity index (χ2n) is 7.31. The summed E-state index contributed by atoms with van der Waals surface area (Å²) in [5.74, 6) is -0.971. The van der Waals surface area contributed by atoms with Gasteiger partial charge in [0, 0.05) is 5.02 Å². The molecule has 1 aliphatic heterocycles. The zero-order valence-electron chi connectivity index (χ0n) is 15.2. The van der Waals surface area contributed by atoms with E-state index < -0.39 is 11.8 Å². The Labute approximate surface area is 168 Å². The largest absolute Gasteiger partial charge is 0.298 e. The first-order chi connectivity index (χ1) is 12.7. The number of carbonyl (C=O) groups is 2. The molecular formula is C21H19ClN2O2S. The van der Waals surface area contributed by atoms with Crippen molar-refractivity contribution in [3.05, 3.63) is 70.3 Å². The molecule has 2 aromatic rings. The van der Waals surface area contributed by atoms with Crippen molar-refractivity contribution in [3.63, 3.8) is 0 Å². The fourth-order valence-electron chi connectivity index (χ4n) is 2.73. The summed E-state index contributed by atoms with van der Waals surface area (Å²) in [4.78, 5) is 26.6. The van der Waals surface area contributed by atoms with Crippen LogP contribution in [-0.4, -0.2) is 16.9 Å². The van der Waals surface area contributed by atoms with Gasteiger partial charge >= 0.3 is 0 Å². The fraction of sp³-hybridized carbons (Fsp3) is 0.190. The Morgan fingerprint density at radius 3 is 2.15 bits per heavy atom. The van der Waals surface area contributed by atoms with E-state index >= 15 is 0 Å². The average Bonchev–Trinajstić information content (AvgIpc) is 2.60. The fourth-order valence-corrected chi connectivity index (χ4v) is 3.14. The molecule has 6 heteroatoms. The molecule has 0 radical (unpaired) electrons. The van der Waals surface area contributed by atoms with Gasteiger partial charge in [-0.2, -0.15) is 0 Å². The predicted octanol–water partition coefficient (Wildman–Crippen LogP) is 4.47. The molecule has 1 heterocycles. The van der Waals surface area contributed by atoms with Crippen LogP contribution in [0.4, 0.5) is 5.69 Å². The Hall–Kier alpha value is -2.50. The molecule has 3 rings (SSSR count). The van der Waals surface area contributed by atoms with E-state index in [0.29, 0.717) is 10.7 Å². The maximum absolute atomic E-state index is 12.9. The number of amides is 2. The SMILES string of the molecule is CC(C)(C)c1ccc(C=C2C(=O)NC(=S)N(c3ccc(Cl)cc3)C2=O)cc1. The third kappa shape index (κ3) is 4.10. The molecule has 27 heavy (non-hydrogen) atoms. The van der Waals surface area contributed by atoms with Gasteiger partial charge < -0.3 is 0 Å². The molecule has 1 saturated heterocycles. The minimum atomic E-state index is -0.505. The molecule has 0 aliphatic carbocycles. The van der Waals surface area contributed by atoms with Crippen molar-refractivity contribution in [1.29, 1.82) is 0 Å². The number of rotatable bonds is 2. The van der Waals surface area contributed by atoms with Crippen molar-refractivity contribution in [2.75, 3.05) is 4.90 Å². The van der Waals surface area contributed by atoms with Crippen LogP contribution in [0, 0.1) is 0 Å². The first-order valence-electron chi connectivity index (χ1n) is 8.44. The molecule has 2 amide bonds. The number of anilines is 1. The molecule has 1 N–H and O–H groups in total. The third-order valence-corrected chi connectivity index (χ3v) is 4.81. The maximum Gasteiger partial charge on any atom is 0.270 e. The highest BCUT2D eigenvalue weighted by Gasteiger charge is 2.34. The monoisotopic (exact) mass is 398 g/mol. The zero-order chi connectivity index (χ0) is 19.8. The van der Waals surface area contributed by atoms with Crippen LogP contribution in [-0.2, 0) is 15.0 Å². The normalized spacial score (nSPS) is 16.7. The van der Waals surface area contributed by atoms with Crippen LogP contribution in [0.5, 0.6) is 0 Å². The summed E-state index contributed by atoms with van der Waals surface area (Å²) in [5.41, 5.74) is 2.55. The minimum Gasteiger partial charge on any atom is -0.298 e. The van der Waals surface area contributed by atoms with E-state index in [1.54, 1.807) is 30.3 Å². The quantitative estimate of drug-likeness (QED) is 0.461. The van der Waals surface area contributed by atoms with Gasteiger partial charge in [0.1, 0.15) is 5.57 Å². The van der Waals surface area contributed by atoms with E-state index in [9.17, 15) is 9.59 Å². The standard InChI is InChI=1S/C21H19ClN2O2S/c1-21(2,3)14-6-4-13(5-7-14)12-17-18(25)23-20(27)24(19(17)26)16-10-8-15(22)9-11-16/h4-12H,1-3H3,(H,23,25,27). The Balaban J connectivity index is 1.95. The van der Waals surface area contributed by atoms with Crippen molar-refractivity contribution in [1.82, 2.24) is 5.32 Å². The molecule has 4 nitrogen and oxygen atoms in total. The summed E-state index contributed by atoms with van der Waals surface area (Å²) < 4.78 is 0. The van der Waals surface area contributed by atoms with Crippen molar-refractivity contribution in [2.24, 2.45) is 0 Å². The van der Waals surface area contributed by atoms with E-state index in [4.69, 9.17) is 23.8 Å². The van der Waals surface area contributed by atoms with Crippen LogP contribution in [0.25, 0.3) is 6.08 Å². The van der Waals surface area contributed by atoms with Gasteiger partial charge in [-0.1, -0.05) is 56.6 Å². The lowest BCUT2D eigenvalue weighted by molar-refractivity contribution is -0.122. The number of carbonyl (C=O) groups excluding carboxylic acids is 2. The Kier molecular flexibility index (Phi) is 5.18. The van der Waals surface area contributed by atoms with Crippen LogP contribution in [0.1, 0.15) is 31.9 Å². The Bertz CT molecular complexity index is 942. The van der Waals surface area contributed by atoms with Gasteiger partial charge in [0.05, 0.1) is 5.69 Å². The van der Waals surface area contributed by atoms with Crippen LogP contribution in [0.15, 0.2) is 54.1 Å². The van der Waals surface area contributed by atoms with Gasteiger partial charge in [-0.3, -0.25) is 19.8 Å². The highest BCUT2D eigenvalue weighted by atomic mass is 35.5. The smallest absolute Gasteiger partial charge is 0.270 e. The van der Waals surface area contributed by atoms with Crippen molar-refractivity contribution in [2.45, 2.75) is 26.2 Å². The lowest BCUT2D eigenvalue weighted by Gasteiger charge is -2.29. The van der Waals surface area contributed by atoms with Gasteiger partial charge in [0.2, 0.25) is 0 Å². The van der Waals surface area contributed by atoms with E-state index in [0.717, 1.165) is 5.56 Å². The van der Waals surface area contributed by atoms with Crippen molar-refractivity contribution in [3.8, 4) is 0 Å². The van der Waals surface area contributed by atoms with Crippen LogP contribution in [0.3, 0.4) is 0 Å². The van der Waals surface area contributed by atoms with Crippen LogP contribution < -0.4 is 10.2 Å². The van der Waals surface area contributed by atoms with Gasteiger partial charge in [0.15, 0.2) is 5.11 Å². The van der Waals surface area contributed by atoms with Gasteiger partial charge in [0.25, 0.3) is 11.8 Å². The van der Waals surface area contributed by atoms with E-state index in [2.05, 4.69) is 26.1 Å². The van der Waals surface area contributed by atoms with Crippen LogP contribution in [0.2, 0.25) is 5.02 Å². The number of nitrogens with zero attached hydrogens (tertiary/aromatic N) is 1. The minimum absolute atomic E-state index is 0.0290. The number of halogens is 1. The second kappa shape index (κ2) is 7.25. The van der Waals surface area contributed by atoms with Crippen molar-refractivity contribution < 1.29 is 9.59 Å². The molecule has 0 saturated carbocycles. The van der Waals surface area contributed by atoms with Gasteiger partial charge in [-0.25, -0.2) is 0 Å². The summed E-state index contributed by atoms with van der Waals surface area (Å²) in [6.45, 7) is 6.39. The van der Waals surface area contributed by atoms with Gasteiger partial charge in [-0.05, 0) is 59.1 Å². The Morgan fingerprint density at radius 2 is 1.59 bits per heavy atom. The second-order valence-corrected chi connectivity index (χ2v) is 8.13. The van der Waals surface area contributed by atoms with E-state index in [1.165, 1.54) is 10.5 Å². The average molecular weight is 399 g/mol. The summed E-state index contributed by atoms with van der Waals surface area (Å²) >= 11 is 11.1. The summed E-state index contributed by atoms with van der Waals surface area (Å²) in [6, 6.07) is 14.5. The molecule has 2 aromatic carbocycles. The molecular weight excluding hydrogens is 380 g/mol. The number of nitrogens with one attached hydrogen (secondary N) is 1. The summed E-state index contributed by atoms with van der Waals surface area (Å²) in [5, 5.41) is 3.17. The third-order valence-electron chi connectivity index (χ3n) is 4.27. The lowest BCUT2D eigenvalue weighted by atomic mass is 9.86.